The topological polar surface area (TPSA) is 78.3 Å². The molecule has 2 rings (SSSR count). The Bertz CT molecular complexity index is 573. The van der Waals surface area contributed by atoms with Gasteiger partial charge in [0.1, 0.15) is 6.04 Å². The summed E-state index contributed by atoms with van der Waals surface area (Å²) in [5, 5.41) is -0.0159. The normalized spacial score (nSPS) is 18.1. The number of methoxy groups -OCH3 is 1. The molecule has 1 fully saturated rings. The summed E-state index contributed by atoms with van der Waals surface area (Å²) >= 11 is 0. The van der Waals surface area contributed by atoms with Gasteiger partial charge in [0.05, 0.1) is 13.4 Å². The fraction of sp³-hybridized carbons (Fsp3) is 0.692. The Hall–Kier alpha value is -1.37. The van der Waals surface area contributed by atoms with E-state index in [1.165, 1.54) is 32.5 Å². The van der Waals surface area contributed by atoms with E-state index in [1.54, 1.807) is 4.57 Å². The molecule has 0 bridgehead atoms. The number of nitrogens with zero attached hydrogens (tertiary/aromatic N) is 2. The molecule has 112 valence electrons. The molecule has 0 aromatic carbocycles. The number of hydrogen-bond acceptors (Lipinski definition) is 5. The number of rotatable bonds is 5. The Morgan fingerprint density at radius 2 is 2.15 bits per heavy atom. The molecule has 1 aromatic rings. The van der Waals surface area contributed by atoms with Gasteiger partial charge in [0.25, 0.3) is 0 Å². The summed E-state index contributed by atoms with van der Waals surface area (Å²) in [5.74, 6) is 0.137. The van der Waals surface area contributed by atoms with Crippen molar-refractivity contribution < 1.29 is 17.9 Å². The summed E-state index contributed by atoms with van der Waals surface area (Å²) in [6.07, 6.45) is 9.19. The van der Waals surface area contributed by atoms with Crippen molar-refractivity contribution in [2.75, 3.05) is 13.4 Å². The molecule has 7 heteroatoms. The maximum atomic E-state index is 11.9. The Morgan fingerprint density at radius 1 is 1.50 bits per heavy atom. The van der Waals surface area contributed by atoms with E-state index >= 15 is 0 Å². The van der Waals surface area contributed by atoms with Gasteiger partial charge >= 0.3 is 5.97 Å². The number of aromatic nitrogens is 2. The van der Waals surface area contributed by atoms with E-state index in [9.17, 15) is 13.2 Å². The summed E-state index contributed by atoms with van der Waals surface area (Å²) in [7, 11) is -2.01. The maximum absolute atomic E-state index is 11.9. The lowest BCUT2D eigenvalue weighted by Crippen LogP contribution is -2.22. The van der Waals surface area contributed by atoms with E-state index < -0.39 is 15.9 Å². The first-order valence-electron chi connectivity index (χ1n) is 6.73. The van der Waals surface area contributed by atoms with Crippen molar-refractivity contribution in [1.82, 2.24) is 9.55 Å². The van der Waals surface area contributed by atoms with Crippen molar-refractivity contribution in [1.29, 1.82) is 0 Å². The number of sulfone groups is 1. The molecule has 0 aliphatic heterocycles. The standard InChI is InChI=1S/C13H20N2O4S/c1-19-13(16)11(7-10-5-3-4-6-10)15-8-12(14-9-15)20(2,17)18/h8-11H,3-7H2,1-2H3. The van der Waals surface area contributed by atoms with Gasteiger partial charge in [0.15, 0.2) is 14.9 Å². The summed E-state index contributed by atoms with van der Waals surface area (Å²) in [4.78, 5) is 15.8. The summed E-state index contributed by atoms with van der Waals surface area (Å²) in [5.41, 5.74) is 0. The fourth-order valence-electron chi connectivity index (χ4n) is 2.72. The van der Waals surface area contributed by atoms with Crippen LogP contribution in [-0.2, 0) is 19.4 Å². The SMILES string of the molecule is COC(=O)C(CC1CCCC1)n1cnc(S(C)(=O)=O)c1. The van der Waals surface area contributed by atoms with E-state index in [2.05, 4.69) is 4.98 Å². The Balaban J connectivity index is 2.21. The summed E-state index contributed by atoms with van der Waals surface area (Å²) in [6.45, 7) is 0. The van der Waals surface area contributed by atoms with Crippen molar-refractivity contribution in [3.05, 3.63) is 12.5 Å². The van der Waals surface area contributed by atoms with Gasteiger partial charge in [0.2, 0.25) is 0 Å². The van der Waals surface area contributed by atoms with Crippen molar-refractivity contribution in [3.63, 3.8) is 0 Å². The zero-order valence-electron chi connectivity index (χ0n) is 11.8. The number of esters is 1. The average Bonchev–Trinajstić information content (AvgIpc) is 3.05. The Labute approximate surface area is 119 Å². The van der Waals surface area contributed by atoms with E-state index in [0.29, 0.717) is 12.3 Å². The largest absolute Gasteiger partial charge is 0.467 e. The number of carbonyl (C=O) groups excluding carboxylic acids is 1. The third-order valence-electron chi connectivity index (χ3n) is 3.82. The van der Waals surface area contributed by atoms with Crippen molar-refractivity contribution in [3.8, 4) is 0 Å². The summed E-state index contributed by atoms with van der Waals surface area (Å²) in [6, 6.07) is -0.494. The highest BCUT2D eigenvalue weighted by atomic mass is 32.2. The highest BCUT2D eigenvalue weighted by Gasteiger charge is 2.28. The fourth-order valence-corrected chi connectivity index (χ4v) is 3.27. The van der Waals surface area contributed by atoms with Crippen LogP contribution in [0, 0.1) is 5.92 Å². The molecule has 1 aliphatic carbocycles. The van der Waals surface area contributed by atoms with Gasteiger partial charge in [-0.05, 0) is 12.3 Å². The van der Waals surface area contributed by atoms with Crippen LogP contribution in [0.15, 0.2) is 17.6 Å². The van der Waals surface area contributed by atoms with Crippen LogP contribution in [0.5, 0.6) is 0 Å². The third kappa shape index (κ3) is 3.39. The van der Waals surface area contributed by atoms with Crippen LogP contribution in [0.25, 0.3) is 0 Å². The summed E-state index contributed by atoms with van der Waals surface area (Å²) < 4.78 is 29.3. The number of ether oxygens (including phenoxy) is 1. The van der Waals surface area contributed by atoms with Gasteiger partial charge in [-0.1, -0.05) is 25.7 Å². The Kier molecular flexibility index (Phi) is 4.47. The van der Waals surface area contributed by atoms with Gasteiger partial charge < -0.3 is 9.30 Å². The van der Waals surface area contributed by atoms with E-state index in [-0.39, 0.29) is 11.0 Å². The highest BCUT2D eigenvalue weighted by molar-refractivity contribution is 7.90. The molecule has 1 unspecified atom stereocenters. The van der Waals surface area contributed by atoms with Crippen molar-refractivity contribution >= 4 is 15.8 Å². The van der Waals surface area contributed by atoms with Crippen LogP contribution < -0.4 is 0 Å². The van der Waals surface area contributed by atoms with Crippen LogP contribution >= 0.6 is 0 Å². The molecular formula is C13H20N2O4S. The lowest BCUT2D eigenvalue weighted by molar-refractivity contribution is -0.145. The van der Waals surface area contributed by atoms with Crippen LogP contribution in [0.3, 0.4) is 0 Å². The molecule has 1 heterocycles. The van der Waals surface area contributed by atoms with Gasteiger partial charge in [-0.25, -0.2) is 18.2 Å². The average molecular weight is 300 g/mol. The lowest BCUT2D eigenvalue weighted by Gasteiger charge is -2.19. The van der Waals surface area contributed by atoms with Crippen LogP contribution in [0.1, 0.15) is 38.1 Å². The second kappa shape index (κ2) is 5.95. The minimum atomic E-state index is -3.36. The van der Waals surface area contributed by atoms with Crippen LogP contribution in [-0.4, -0.2) is 37.3 Å². The second-order valence-electron chi connectivity index (χ2n) is 5.36. The minimum absolute atomic E-state index is 0.0159. The smallest absolute Gasteiger partial charge is 0.328 e. The molecule has 1 aromatic heterocycles. The Morgan fingerprint density at radius 3 is 2.65 bits per heavy atom. The van der Waals surface area contributed by atoms with Gasteiger partial charge in [-0.3, -0.25) is 0 Å². The first-order valence-corrected chi connectivity index (χ1v) is 8.62. The zero-order valence-corrected chi connectivity index (χ0v) is 12.6. The third-order valence-corrected chi connectivity index (χ3v) is 4.79. The minimum Gasteiger partial charge on any atom is -0.467 e. The van der Waals surface area contributed by atoms with Crippen LogP contribution in [0.4, 0.5) is 0 Å². The molecule has 0 amide bonds. The van der Waals surface area contributed by atoms with E-state index in [4.69, 9.17) is 4.74 Å². The molecule has 0 N–H and O–H groups in total. The van der Waals surface area contributed by atoms with Crippen molar-refractivity contribution in [2.45, 2.75) is 43.2 Å². The predicted octanol–water partition coefficient (Wildman–Crippen LogP) is 1.58. The molecule has 6 nitrogen and oxygen atoms in total. The number of carbonyl (C=O) groups is 1. The van der Waals surface area contributed by atoms with Gasteiger partial charge in [-0.2, -0.15) is 0 Å². The van der Waals surface area contributed by atoms with E-state index in [0.717, 1.165) is 19.1 Å². The molecule has 0 radical (unpaired) electrons. The lowest BCUT2D eigenvalue weighted by atomic mass is 9.98. The zero-order chi connectivity index (χ0) is 14.8. The maximum Gasteiger partial charge on any atom is 0.328 e. The predicted molar refractivity (Wildman–Crippen MR) is 73.0 cm³/mol. The molecule has 1 aliphatic rings. The monoisotopic (exact) mass is 300 g/mol. The highest BCUT2D eigenvalue weighted by Crippen LogP contribution is 2.32. The molecule has 20 heavy (non-hydrogen) atoms. The molecule has 1 saturated carbocycles. The van der Waals surface area contributed by atoms with E-state index in [1.807, 2.05) is 0 Å². The first kappa shape index (κ1) is 15.0. The van der Waals surface area contributed by atoms with Gasteiger partial charge in [-0.15, -0.1) is 0 Å². The first-order chi connectivity index (χ1) is 9.41. The molecule has 1 atom stereocenters. The van der Waals surface area contributed by atoms with Crippen molar-refractivity contribution in [2.24, 2.45) is 5.92 Å². The molecular weight excluding hydrogens is 280 g/mol. The quantitative estimate of drug-likeness (QED) is 0.771. The van der Waals surface area contributed by atoms with Crippen LogP contribution in [0.2, 0.25) is 0 Å². The number of imidazole rings is 1. The molecule has 0 spiro atoms. The number of hydrogen-bond donors (Lipinski definition) is 0. The second-order valence-corrected chi connectivity index (χ2v) is 7.32. The van der Waals surface area contributed by atoms with Gasteiger partial charge in [0, 0.05) is 12.5 Å². The molecule has 0 saturated heterocycles.